The molecule has 4 rings (SSSR count). The summed E-state index contributed by atoms with van der Waals surface area (Å²) in [5, 5.41) is 22.5. The smallest absolute Gasteiger partial charge is 0.247 e. The van der Waals surface area contributed by atoms with E-state index in [2.05, 4.69) is 15.3 Å². The maximum absolute atomic E-state index is 12.7. The molecule has 0 bridgehead atoms. The topological polar surface area (TPSA) is 110 Å². The number of Topliss-reactive ketones (excluding diaryl/α,β-unsaturated/α-hetero) is 1. The van der Waals surface area contributed by atoms with Crippen molar-refractivity contribution in [3.63, 3.8) is 0 Å². The van der Waals surface area contributed by atoms with Gasteiger partial charge in [-0.15, -0.1) is 15.3 Å². The molecule has 146 valence electrons. The summed E-state index contributed by atoms with van der Waals surface area (Å²) in [6.07, 6.45) is 6.14. The number of hydrogen-bond donors (Lipinski definition) is 1. The lowest BCUT2D eigenvalue weighted by atomic mass is 9.71. The van der Waals surface area contributed by atoms with Crippen LogP contribution in [0.3, 0.4) is 0 Å². The van der Waals surface area contributed by atoms with Gasteiger partial charge in [-0.3, -0.25) is 9.59 Å². The number of aliphatic hydroxyl groups excluding tert-OH is 1. The van der Waals surface area contributed by atoms with Crippen LogP contribution in [0.25, 0.3) is 11.5 Å². The van der Waals surface area contributed by atoms with E-state index in [1.807, 2.05) is 0 Å². The molecule has 0 amide bonds. The number of rotatable bonds is 4. The third-order valence-corrected chi connectivity index (χ3v) is 5.47. The van der Waals surface area contributed by atoms with Gasteiger partial charge >= 0.3 is 0 Å². The Morgan fingerprint density at radius 2 is 2.18 bits per heavy atom. The highest BCUT2D eigenvalue weighted by atomic mass is 16.3. The van der Waals surface area contributed by atoms with Gasteiger partial charge in [-0.25, -0.2) is 0 Å². The molecule has 1 fully saturated rings. The van der Waals surface area contributed by atoms with Crippen LogP contribution in [0.5, 0.6) is 0 Å². The SMILES string of the molecule is CCC(=O)n1nc(N=NC2=C(O)CC3CCCCC3C2=O)cc1-c1ccco1. The molecule has 2 aliphatic rings. The van der Waals surface area contributed by atoms with Crippen molar-refractivity contribution < 1.29 is 19.1 Å². The van der Waals surface area contributed by atoms with E-state index in [9.17, 15) is 14.7 Å². The van der Waals surface area contributed by atoms with Crippen molar-refractivity contribution in [2.45, 2.75) is 45.4 Å². The molecule has 2 aromatic rings. The molecule has 1 N–H and O–H groups in total. The van der Waals surface area contributed by atoms with Gasteiger partial charge in [0.1, 0.15) is 11.5 Å². The van der Waals surface area contributed by atoms with Crippen molar-refractivity contribution in [2.75, 3.05) is 0 Å². The van der Waals surface area contributed by atoms with Gasteiger partial charge in [-0.2, -0.15) is 4.68 Å². The number of fused-ring (bicyclic) bond motifs is 1. The Balaban J connectivity index is 1.64. The number of hydrogen-bond acceptors (Lipinski definition) is 7. The zero-order valence-corrected chi connectivity index (χ0v) is 15.7. The average Bonchev–Trinajstić information content (AvgIpc) is 3.37. The lowest BCUT2D eigenvalue weighted by Crippen LogP contribution is -2.32. The highest BCUT2D eigenvalue weighted by Crippen LogP contribution is 2.40. The molecule has 0 saturated heterocycles. The highest BCUT2D eigenvalue weighted by Gasteiger charge is 2.39. The number of carbonyl (C=O) groups excluding carboxylic acids is 2. The molecule has 0 aliphatic heterocycles. The fraction of sp³-hybridized carbons (Fsp3) is 0.450. The van der Waals surface area contributed by atoms with Crippen molar-refractivity contribution >= 4 is 17.5 Å². The standard InChI is InChI=1S/C20H22N4O4/c1-2-18(26)24-14(16-8-5-9-28-16)11-17(23-24)21-22-19-15(25)10-12-6-3-4-7-13(12)20(19)27/h5,8-9,11-13,25H,2-4,6-7,10H2,1H3. The molecular formula is C20H22N4O4. The van der Waals surface area contributed by atoms with E-state index >= 15 is 0 Å². The molecule has 0 radical (unpaired) electrons. The molecule has 2 aromatic heterocycles. The van der Waals surface area contributed by atoms with E-state index in [1.165, 1.54) is 10.9 Å². The van der Waals surface area contributed by atoms with Gasteiger partial charge in [0.2, 0.25) is 5.91 Å². The van der Waals surface area contributed by atoms with Crippen molar-refractivity contribution in [1.29, 1.82) is 0 Å². The van der Waals surface area contributed by atoms with Crippen LogP contribution in [-0.2, 0) is 4.79 Å². The van der Waals surface area contributed by atoms with Gasteiger partial charge < -0.3 is 9.52 Å². The monoisotopic (exact) mass is 382 g/mol. The van der Waals surface area contributed by atoms with Crippen molar-refractivity contribution in [3.8, 4) is 11.5 Å². The quantitative estimate of drug-likeness (QED) is 0.762. The molecule has 0 aromatic carbocycles. The second-order valence-electron chi connectivity index (χ2n) is 7.24. The first kappa shape index (κ1) is 18.3. The minimum Gasteiger partial charge on any atom is -0.510 e. The van der Waals surface area contributed by atoms with Gasteiger partial charge in [-0.1, -0.05) is 19.8 Å². The zero-order chi connectivity index (χ0) is 19.7. The summed E-state index contributed by atoms with van der Waals surface area (Å²) in [6, 6.07) is 5.01. The maximum Gasteiger partial charge on any atom is 0.247 e. The number of aliphatic hydroxyl groups is 1. The molecule has 2 atom stereocenters. The van der Waals surface area contributed by atoms with E-state index in [1.54, 1.807) is 25.1 Å². The first-order valence-electron chi connectivity index (χ1n) is 9.63. The Kier molecular flexibility index (Phi) is 4.93. The number of furan rings is 1. The molecule has 1 saturated carbocycles. The highest BCUT2D eigenvalue weighted by molar-refractivity contribution is 5.98. The van der Waals surface area contributed by atoms with Gasteiger partial charge in [0.05, 0.1) is 6.26 Å². The minimum absolute atomic E-state index is 0.00720. The summed E-state index contributed by atoms with van der Waals surface area (Å²) in [5.74, 6) is 0.403. The molecule has 2 unspecified atom stereocenters. The Hall–Kier alpha value is -3.03. The van der Waals surface area contributed by atoms with Gasteiger partial charge in [0, 0.05) is 24.8 Å². The van der Waals surface area contributed by atoms with Crippen molar-refractivity contribution in [3.05, 3.63) is 35.9 Å². The van der Waals surface area contributed by atoms with Crippen LogP contribution in [-0.4, -0.2) is 26.6 Å². The molecule has 2 heterocycles. The van der Waals surface area contributed by atoms with Gasteiger partial charge in [0.15, 0.2) is 23.1 Å². The minimum atomic E-state index is -0.214. The lowest BCUT2D eigenvalue weighted by molar-refractivity contribution is -0.123. The Labute approximate surface area is 161 Å². The second kappa shape index (κ2) is 7.53. The zero-order valence-electron chi connectivity index (χ0n) is 15.7. The molecule has 8 nitrogen and oxygen atoms in total. The van der Waals surface area contributed by atoms with E-state index in [0.29, 0.717) is 17.9 Å². The fourth-order valence-corrected chi connectivity index (χ4v) is 4.03. The second-order valence-corrected chi connectivity index (χ2v) is 7.24. The van der Waals surface area contributed by atoms with E-state index in [-0.39, 0.29) is 47.2 Å². The molecular weight excluding hydrogens is 360 g/mol. The van der Waals surface area contributed by atoms with Crippen LogP contribution in [0.1, 0.15) is 50.2 Å². The summed E-state index contributed by atoms with van der Waals surface area (Å²) in [5.41, 5.74) is 0.477. The summed E-state index contributed by atoms with van der Waals surface area (Å²) in [7, 11) is 0. The number of allylic oxidation sites excluding steroid dienone is 2. The predicted octanol–water partition coefficient (Wildman–Crippen LogP) is 4.83. The average molecular weight is 382 g/mol. The predicted molar refractivity (Wildman–Crippen MR) is 100 cm³/mol. The number of azo groups is 1. The summed E-state index contributed by atoms with van der Waals surface area (Å²) in [6.45, 7) is 1.74. The van der Waals surface area contributed by atoms with Gasteiger partial charge in [-0.05, 0) is 30.9 Å². The number of aromatic nitrogens is 2. The van der Waals surface area contributed by atoms with Crippen LogP contribution in [0.2, 0.25) is 0 Å². The number of nitrogens with zero attached hydrogens (tertiary/aromatic N) is 4. The van der Waals surface area contributed by atoms with Crippen LogP contribution in [0, 0.1) is 11.8 Å². The van der Waals surface area contributed by atoms with Crippen LogP contribution in [0.15, 0.2) is 50.6 Å². The normalized spacial score (nSPS) is 22.7. The van der Waals surface area contributed by atoms with Crippen molar-refractivity contribution in [1.82, 2.24) is 9.78 Å². The first-order valence-corrected chi connectivity index (χ1v) is 9.63. The molecule has 8 heteroatoms. The van der Waals surface area contributed by atoms with E-state index in [4.69, 9.17) is 4.42 Å². The van der Waals surface area contributed by atoms with Gasteiger partial charge in [0.25, 0.3) is 0 Å². The van der Waals surface area contributed by atoms with E-state index < -0.39 is 0 Å². The first-order chi connectivity index (χ1) is 13.6. The largest absolute Gasteiger partial charge is 0.510 e. The number of carbonyl (C=O) groups is 2. The van der Waals surface area contributed by atoms with Crippen molar-refractivity contribution in [2.24, 2.45) is 22.1 Å². The van der Waals surface area contributed by atoms with Crippen LogP contribution < -0.4 is 0 Å². The number of ketones is 1. The Morgan fingerprint density at radius 3 is 2.93 bits per heavy atom. The maximum atomic E-state index is 12.7. The molecule has 28 heavy (non-hydrogen) atoms. The third kappa shape index (κ3) is 3.30. The molecule has 0 spiro atoms. The van der Waals surface area contributed by atoms with Crippen LogP contribution in [0.4, 0.5) is 5.82 Å². The summed E-state index contributed by atoms with van der Waals surface area (Å²) < 4.78 is 6.59. The molecule has 2 aliphatic carbocycles. The Morgan fingerprint density at radius 1 is 1.36 bits per heavy atom. The van der Waals surface area contributed by atoms with Crippen LogP contribution >= 0.6 is 0 Å². The fourth-order valence-electron chi connectivity index (χ4n) is 4.03. The lowest BCUT2D eigenvalue weighted by Gasteiger charge is -2.33. The summed E-state index contributed by atoms with van der Waals surface area (Å²) >= 11 is 0. The summed E-state index contributed by atoms with van der Waals surface area (Å²) in [4.78, 5) is 24.9. The van der Waals surface area contributed by atoms with E-state index in [0.717, 1.165) is 25.7 Å². The third-order valence-electron chi connectivity index (χ3n) is 5.47. The Bertz CT molecular complexity index is 955.